The van der Waals surface area contributed by atoms with Crippen LogP contribution in [-0.4, -0.2) is 35.1 Å². The van der Waals surface area contributed by atoms with Crippen LogP contribution in [0.15, 0.2) is 42.5 Å². The van der Waals surface area contributed by atoms with E-state index in [0.29, 0.717) is 18.1 Å². The maximum absolute atomic E-state index is 12.8. The summed E-state index contributed by atoms with van der Waals surface area (Å²) in [5.74, 6) is 1.67. The number of hydrogen-bond acceptors (Lipinski definition) is 4. The molecule has 1 aliphatic rings. The third-order valence-electron chi connectivity index (χ3n) is 5.29. The number of H-pyrrole nitrogens is 1. The highest BCUT2D eigenvalue weighted by molar-refractivity contribution is 6.31. The number of piperidine rings is 1. The van der Waals surface area contributed by atoms with E-state index in [1.54, 1.807) is 0 Å². The fraction of sp³-hybridized carbons (Fsp3) is 0.391. The normalized spacial score (nSPS) is 16.8. The first-order valence-corrected chi connectivity index (χ1v) is 10.8. The van der Waals surface area contributed by atoms with E-state index in [1.807, 2.05) is 56.3 Å². The Morgan fingerprint density at radius 2 is 2.10 bits per heavy atom. The van der Waals surface area contributed by atoms with Crippen LogP contribution in [0.2, 0.25) is 5.02 Å². The Labute approximate surface area is 181 Å². The second-order valence-corrected chi connectivity index (χ2v) is 8.47. The predicted molar refractivity (Wildman–Crippen MR) is 120 cm³/mol. The van der Waals surface area contributed by atoms with Gasteiger partial charge in [0.25, 0.3) is 0 Å². The van der Waals surface area contributed by atoms with Crippen LogP contribution < -0.4 is 15.0 Å². The molecule has 0 bridgehead atoms. The topological polar surface area (TPSA) is 70.2 Å². The van der Waals surface area contributed by atoms with Crippen molar-refractivity contribution in [2.45, 2.75) is 39.3 Å². The van der Waals surface area contributed by atoms with Crippen molar-refractivity contribution in [1.82, 2.24) is 15.3 Å². The van der Waals surface area contributed by atoms with E-state index < -0.39 is 0 Å². The molecule has 158 valence electrons. The Kier molecular flexibility index (Phi) is 6.13. The maximum atomic E-state index is 12.8. The second kappa shape index (κ2) is 8.96. The molecule has 7 heteroatoms. The van der Waals surface area contributed by atoms with Crippen LogP contribution >= 0.6 is 11.6 Å². The summed E-state index contributed by atoms with van der Waals surface area (Å²) < 4.78 is 5.66. The van der Waals surface area contributed by atoms with Crippen molar-refractivity contribution in [2.24, 2.45) is 5.92 Å². The Balaban J connectivity index is 1.35. The summed E-state index contributed by atoms with van der Waals surface area (Å²) in [5, 5.41) is 3.76. The first-order chi connectivity index (χ1) is 14.5. The molecule has 2 N–H and O–H groups in total. The van der Waals surface area contributed by atoms with Gasteiger partial charge in [0.2, 0.25) is 11.9 Å². The van der Waals surface area contributed by atoms with E-state index in [9.17, 15) is 4.79 Å². The third-order valence-corrected chi connectivity index (χ3v) is 5.52. The monoisotopic (exact) mass is 426 g/mol. The minimum atomic E-state index is -0.0564. The molecular weight excluding hydrogens is 400 g/mol. The number of aromatic amines is 1. The molecule has 0 unspecified atom stereocenters. The van der Waals surface area contributed by atoms with Gasteiger partial charge in [0.1, 0.15) is 5.75 Å². The van der Waals surface area contributed by atoms with Gasteiger partial charge < -0.3 is 19.9 Å². The van der Waals surface area contributed by atoms with Gasteiger partial charge in [0.05, 0.1) is 23.1 Å². The number of fused-ring (bicyclic) bond motifs is 1. The lowest BCUT2D eigenvalue weighted by atomic mass is 9.97. The van der Waals surface area contributed by atoms with Gasteiger partial charge in [-0.1, -0.05) is 23.7 Å². The first kappa shape index (κ1) is 20.5. The molecule has 2 aromatic carbocycles. The minimum absolute atomic E-state index is 0.0564. The summed E-state index contributed by atoms with van der Waals surface area (Å²) in [7, 11) is 0. The Morgan fingerprint density at radius 3 is 2.87 bits per heavy atom. The molecule has 0 saturated carbocycles. The van der Waals surface area contributed by atoms with Gasteiger partial charge >= 0.3 is 0 Å². The van der Waals surface area contributed by atoms with Crippen LogP contribution in [0.4, 0.5) is 5.95 Å². The number of anilines is 1. The van der Waals surface area contributed by atoms with E-state index in [2.05, 4.69) is 20.2 Å². The number of halogens is 1. The molecule has 2 heterocycles. The van der Waals surface area contributed by atoms with E-state index in [4.69, 9.17) is 16.3 Å². The molecule has 3 aromatic rings. The number of nitrogens with zero attached hydrogens (tertiary/aromatic N) is 2. The zero-order valence-electron chi connectivity index (χ0n) is 17.3. The highest BCUT2D eigenvalue weighted by Crippen LogP contribution is 2.25. The van der Waals surface area contributed by atoms with E-state index in [0.717, 1.165) is 47.7 Å². The van der Waals surface area contributed by atoms with E-state index in [1.165, 1.54) is 0 Å². The summed E-state index contributed by atoms with van der Waals surface area (Å²) >= 11 is 6.07. The number of carbonyl (C=O) groups is 1. The average Bonchev–Trinajstić information content (AvgIpc) is 3.16. The summed E-state index contributed by atoms with van der Waals surface area (Å²) in [6.45, 7) is 6.06. The van der Waals surface area contributed by atoms with Crippen molar-refractivity contribution in [3.8, 4) is 5.75 Å². The van der Waals surface area contributed by atoms with Crippen LogP contribution in [0.25, 0.3) is 11.0 Å². The van der Waals surface area contributed by atoms with Crippen LogP contribution in [0.3, 0.4) is 0 Å². The molecule has 1 aromatic heterocycles. The predicted octanol–water partition coefficient (Wildman–Crippen LogP) is 4.54. The number of benzene rings is 2. The zero-order valence-corrected chi connectivity index (χ0v) is 18.1. The number of hydrogen-bond donors (Lipinski definition) is 2. The molecule has 6 nitrogen and oxygen atoms in total. The molecular formula is C23H27ClN4O2. The zero-order chi connectivity index (χ0) is 21.1. The molecule has 1 amide bonds. The molecule has 0 radical (unpaired) electrons. The number of nitrogens with one attached hydrogen (secondary N) is 2. The molecule has 4 rings (SSSR count). The van der Waals surface area contributed by atoms with Crippen molar-refractivity contribution in [3.05, 3.63) is 53.1 Å². The Bertz CT molecular complexity index is 1020. The van der Waals surface area contributed by atoms with Gasteiger partial charge in [-0.15, -0.1) is 0 Å². The van der Waals surface area contributed by atoms with Crippen molar-refractivity contribution in [2.75, 3.05) is 18.0 Å². The smallest absolute Gasteiger partial charge is 0.225 e. The lowest BCUT2D eigenvalue weighted by Gasteiger charge is -2.31. The fourth-order valence-corrected chi connectivity index (χ4v) is 3.97. The minimum Gasteiger partial charge on any atom is -0.491 e. The largest absolute Gasteiger partial charge is 0.491 e. The quantitative estimate of drug-likeness (QED) is 0.607. The lowest BCUT2D eigenvalue weighted by Crippen LogP contribution is -2.43. The van der Waals surface area contributed by atoms with Gasteiger partial charge in [-0.3, -0.25) is 4.79 Å². The molecule has 0 aliphatic carbocycles. The Hall–Kier alpha value is -2.73. The van der Waals surface area contributed by atoms with Crippen molar-refractivity contribution < 1.29 is 9.53 Å². The summed E-state index contributed by atoms with van der Waals surface area (Å²) in [6.07, 6.45) is 1.99. The number of rotatable bonds is 6. The summed E-state index contributed by atoms with van der Waals surface area (Å²) in [4.78, 5) is 22.9. The van der Waals surface area contributed by atoms with Crippen LogP contribution in [-0.2, 0) is 11.3 Å². The second-order valence-electron chi connectivity index (χ2n) is 8.04. The molecule has 0 spiro atoms. The van der Waals surface area contributed by atoms with Crippen molar-refractivity contribution >= 4 is 34.5 Å². The highest BCUT2D eigenvalue weighted by Gasteiger charge is 2.27. The van der Waals surface area contributed by atoms with Crippen molar-refractivity contribution in [3.63, 3.8) is 0 Å². The van der Waals surface area contributed by atoms with Gasteiger partial charge in [0, 0.05) is 24.7 Å². The van der Waals surface area contributed by atoms with Crippen LogP contribution in [0.1, 0.15) is 32.3 Å². The van der Waals surface area contributed by atoms with Crippen LogP contribution in [0.5, 0.6) is 5.75 Å². The standard InChI is InChI=1S/C23H27ClN4O2/c1-15(2)30-19-8-5-16(6-9-19)13-25-22(29)17-4-3-11-28(14-17)23-26-20-10-7-18(24)12-21(20)27-23/h5-10,12,15,17H,3-4,11,13-14H2,1-2H3,(H,25,29)(H,26,27)/t17-/m0/s1. The molecule has 1 aliphatic heterocycles. The first-order valence-electron chi connectivity index (χ1n) is 10.4. The molecule has 1 saturated heterocycles. The number of imidazole rings is 1. The number of ether oxygens (including phenoxy) is 1. The van der Waals surface area contributed by atoms with Crippen molar-refractivity contribution in [1.29, 1.82) is 0 Å². The van der Waals surface area contributed by atoms with Crippen LogP contribution in [0, 0.1) is 5.92 Å². The van der Waals surface area contributed by atoms with E-state index in [-0.39, 0.29) is 17.9 Å². The summed E-state index contributed by atoms with van der Waals surface area (Å²) in [6, 6.07) is 13.5. The highest BCUT2D eigenvalue weighted by atomic mass is 35.5. The number of amides is 1. The lowest BCUT2D eigenvalue weighted by molar-refractivity contribution is -0.125. The SMILES string of the molecule is CC(C)Oc1ccc(CNC(=O)[C@H]2CCCN(c3nc4ccc(Cl)cc4[nH]3)C2)cc1. The van der Waals surface area contributed by atoms with Gasteiger partial charge in [0.15, 0.2) is 0 Å². The van der Waals surface area contributed by atoms with Gasteiger partial charge in [-0.25, -0.2) is 4.98 Å². The summed E-state index contributed by atoms with van der Waals surface area (Å²) in [5.41, 5.74) is 2.85. The number of aromatic nitrogens is 2. The average molecular weight is 427 g/mol. The van der Waals surface area contributed by atoms with Gasteiger partial charge in [-0.05, 0) is 62.6 Å². The molecule has 30 heavy (non-hydrogen) atoms. The Morgan fingerprint density at radius 1 is 1.30 bits per heavy atom. The van der Waals surface area contributed by atoms with E-state index >= 15 is 0 Å². The fourth-order valence-electron chi connectivity index (χ4n) is 3.79. The molecule has 1 atom stereocenters. The maximum Gasteiger partial charge on any atom is 0.225 e. The van der Waals surface area contributed by atoms with Gasteiger partial charge in [-0.2, -0.15) is 0 Å². The number of carbonyl (C=O) groups excluding carboxylic acids is 1. The molecule has 1 fully saturated rings. The third kappa shape index (κ3) is 4.87.